The van der Waals surface area contributed by atoms with Crippen LogP contribution in [-0.2, 0) is 16.1 Å². The highest BCUT2D eigenvalue weighted by molar-refractivity contribution is 7.99. The zero-order valence-electron chi connectivity index (χ0n) is 17.0. The molecule has 3 aromatic heterocycles. The van der Waals surface area contributed by atoms with Crippen LogP contribution in [0.3, 0.4) is 0 Å². The lowest BCUT2D eigenvalue weighted by molar-refractivity contribution is -0.113. The standard InChI is InChI=1S/C19H20N6O4S2/c1-4-25-16(11-7-5-6-8-21-11)23-24-19(25)30-9-12(26)22-17-13(18(28)29-3)10(2)14(31-17)15(20)27/h5-8H,4,9H2,1-3H3,(H2,20,27)(H,22,26). The number of anilines is 1. The van der Waals surface area contributed by atoms with Gasteiger partial charge in [0.15, 0.2) is 11.0 Å². The fourth-order valence-electron chi connectivity index (χ4n) is 2.84. The Kier molecular flexibility index (Phi) is 7.02. The van der Waals surface area contributed by atoms with Crippen LogP contribution < -0.4 is 11.1 Å². The molecule has 3 N–H and O–H groups in total. The number of hydrogen-bond acceptors (Lipinski definition) is 9. The topological polar surface area (TPSA) is 142 Å². The van der Waals surface area contributed by atoms with Crippen LogP contribution in [-0.4, -0.2) is 50.4 Å². The fraction of sp³-hybridized carbons (Fsp3) is 0.263. The largest absolute Gasteiger partial charge is 0.465 e. The molecule has 0 spiro atoms. The Morgan fingerprint density at radius 3 is 2.68 bits per heavy atom. The quantitative estimate of drug-likeness (QED) is 0.385. The molecule has 0 aromatic carbocycles. The first-order chi connectivity index (χ1) is 14.9. The maximum Gasteiger partial charge on any atom is 0.341 e. The minimum absolute atomic E-state index is 0.0177. The van der Waals surface area contributed by atoms with E-state index < -0.39 is 11.9 Å². The molecule has 0 unspecified atom stereocenters. The Balaban J connectivity index is 1.76. The molecule has 0 aliphatic rings. The van der Waals surface area contributed by atoms with E-state index in [1.807, 2.05) is 29.7 Å². The molecule has 12 heteroatoms. The van der Waals surface area contributed by atoms with Gasteiger partial charge in [0.1, 0.15) is 10.7 Å². The molecule has 10 nitrogen and oxygen atoms in total. The van der Waals surface area contributed by atoms with Gasteiger partial charge in [0.2, 0.25) is 5.91 Å². The summed E-state index contributed by atoms with van der Waals surface area (Å²) in [7, 11) is 1.22. The van der Waals surface area contributed by atoms with Crippen LogP contribution in [0.1, 0.15) is 32.5 Å². The fourth-order valence-corrected chi connectivity index (χ4v) is 4.71. The Hall–Kier alpha value is -3.25. The normalized spacial score (nSPS) is 10.7. The van der Waals surface area contributed by atoms with Crippen molar-refractivity contribution in [2.24, 2.45) is 5.73 Å². The number of ether oxygens (including phenoxy) is 1. The summed E-state index contributed by atoms with van der Waals surface area (Å²) < 4.78 is 6.63. The second kappa shape index (κ2) is 9.71. The molecular weight excluding hydrogens is 440 g/mol. The van der Waals surface area contributed by atoms with Crippen molar-refractivity contribution in [1.82, 2.24) is 19.7 Å². The number of nitrogens with zero attached hydrogens (tertiary/aromatic N) is 4. The van der Waals surface area contributed by atoms with Crippen molar-refractivity contribution in [2.45, 2.75) is 25.5 Å². The third kappa shape index (κ3) is 4.75. The monoisotopic (exact) mass is 460 g/mol. The molecule has 0 bridgehead atoms. The molecule has 3 rings (SSSR count). The first-order valence-electron chi connectivity index (χ1n) is 9.16. The van der Waals surface area contributed by atoms with E-state index in [-0.39, 0.29) is 27.1 Å². The average Bonchev–Trinajstić information content (AvgIpc) is 3.32. The van der Waals surface area contributed by atoms with Gasteiger partial charge in [-0.1, -0.05) is 17.8 Å². The van der Waals surface area contributed by atoms with Gasteiger partial charge in [-0.2, -0.15) is 0 Å². The Labute approximate surface area is 186 Å². The van der Waals surface area contributed by atoms with Crippen molar-refractivity contribution in [2.75, 3.05) is 18.2 Å². The lowest BCUT2D eigenvalue weighted by Gasteiger charge is -2.08. The summed E-state index contributed by atoms with van der Waals surface area (Å²) in [6.07, 6.45) is 1.67. The minimum Gasteiger partial charge on any atom is -0.465 e. The summed E-state index contributed by atoms with van der Waals surface area (Å²) >= 11 is 2.14. The number of carbonyl (C=O) groups is 3. The van der Waals surface area contributed by atoms with Crippen LogP contribution >= 0.6 is 23.1 Å². The van der Waals surface area contributed by atoms with E-state index in [9.17, 15) is 14.4 Å². The van der Waals surface area contributed by atoms with Gasteiger partial charge < -0.3 is 20.4 Å². The van der Waals surface area contributed by atoms with E-state index in [4.69, 9.17) is 10.5 Å². The summed E-state index contributed by atoms with van der Waals surface area (Å²) in [5.74, 6) is -1.09. The molecule has 0 fully saturated rings. The van der Waals surface area contributed by atoms with Crippen LogP contribution in [0.5, 0.6) is 0 Å². The third-order valence-corrected chi connectivity index (χ3v) is 6.46. The number of nitrogens with one attached hydrogen (secondary N) is 1. The molecule has 3 heterocycles. The minimum atomic E-state index is -0.680. The van der Waals surface area contributed by atoms with Gasteiger partial charge in [0.05, 0.1) is 23.3 Å². The number of thioether (sulfide) groups is 1. The first-order valence-corrected chi connectivity index (χ1v) is 11.0. The lowest BCUT2D eigenvalue weighted by atomic mass is 10.1. The molecule has 0 aliphatic heterocycles. The number of esters is 1. The van der Waals surface area contributed by atoms with Gasteiger partial charge in [-0.25, -0.2) is 4.79 Å². The molecule has 0 aliphatic carbocycles. The van der Waals surface area contributed by atoms with E-state index in [0.29, 0.717) is 28.8 Å². The van der Waals surface area contributed by atoms with Crippen molar-refractivity contribution in [3.63, 3.8) is 0 Å². The van der Waals surface area contributed by atoms with E-state index in [2.05, 4.69) is 20.5 Å². The number of thiophene rings is 1. The van der Waals surface area contributed by atoms with Crippen molar-refractivity contribution < 1.29 is 19.1 Å². The predicted molar refractivity (Wildman–Crippen MR) is 117 cm³/mol. The third-order valence-electron chi connectivity index (χ3n) is 4.27. The van der Waals surface area contributed by atoms with Crippen molar-refractivity contribution in [3.05, 3.63) is 40.4 Å². The van der Waals surface area contributed by atoms with Gasteiger partial charge in [-0.15, -0.1) is 21.5 Å². The highest BCUT2D eigenvalue weighted by atomic mass is 32.2. The predicted octanol–water partition coefficient (Wildman–Crippen LogP) is 2.35. The molecular formula is C19H20N6O4S2. The zero-order valence-corrected chi connectivity index (χ0v) is 18.7. The van der Waals surface area contributed by atoms with Gasteiger partial charge in [-0.3, -0.25) is 14.6 Å². The molecule has 31 heavy (non-hydrogen) atoms. The van der Waals surface area contributed by atoms with Crippen molar-refractivity contribution >= 4 is 45.9 Å². The number of hydrogen-bond donors (Lipinski definition) is 2. The zero-order chi connectivity index (χ0) is 22.5. The number of carbonyl (C=O) groups excluding carboxylic acids is 3. The molecule has 0 atom stereocenters. The number of nitrogens with two attached hydrogens (primary N) is 1. The van der Waals surface area contributed by atoms with Crippen LogP contribution in [0.15, 0.2) is 29.6 Å². The highest BCUT2D eigenvalue weighted by Crippen LogP contribution is 2.33. The van der Waals surface area contributed by atoms with Crippen LogP contribution in [0.2, 0.25) is 0 Å². The second-order valence-corrected chi connectivity index (χ2v) is 8.18. The lowest BCUT2D eigenvalue weighted by Crippen LogP contribution is -2.16. The number of rotatable bonds is 8. The van der Waals surface area contributed by atoms with E-state index in [1.54, 1.807) is 13.1 Å². The summed E-state index contributed by atoms with van der Waals surface area (Å²) in [6, 6.07) is 5.51. The van der Waals surface area contributed by atoms with Crippen LogP contribution in [0.4, 0.5) is 5.00 Å². The second-order valence-electron chi connectivity index (χ2n) is 6.22. The first kappa shape index (κ1) is 22.4. The maximum absolute atomic E-state index is 12.6. The number of methoxy groups -OCH3 is 1. The molecule has 0 saturated carbocycles. The highest BCUT2D eigenvalue weighted by Gasteiger charge is 2.25. The van der Waals surface area contributed by atoms with E-state index in [0.717, 1.165) is 11.3 Å². The SMILES string of the molecule is CCn1c(SCC(=O)Nc2sc(C(N)=O)c(C)c2C(=O)OC)nnc1-c1ccccn1. The van der Waals surface area contributed by atoms with Crippen LogP contribution in [0, 0.1) is 6.92 Å². The van der Waals surface area contributed by atoms with E-state index >= 15 is 0 Å². The van der Waals surface area contributed by atoms with Gasteiger partial charge in [0.25, 0.3) is 5.91 Å². The van der Waals surface area contributed by atoms with Gasteiger partial charge >= 0.3 is 5.97 Å². The number of primary amides is 1. The van der Waals surface area contributed by atoms with Gasteiger partial charge in [0, 0.05) is 12.7 Å². The molecule has 3 aromatic rings. The summed E-state index contributed by atoms with van der Waals surface area (Å²) in [5.41, 5.74) is 6.54. The maximum atomic E-state index is 12.6. The Morgan fingerprint density at radius 1 is 1.29 bits per heavy atom. The summed E-state index contributed by atoms with van der Waals surface area (Å²) in [6.45, 7) is 4.12. The summed E-state index contributed by atoms with van der Waals surface area (Å²) in [4.78, 5) is 40.8. The van der Waals surface area contributed by atoms with Crippen molar-refractivity contribution in [1.29, 1.82) is 0 Å². The summed E-state index contributed by atoms with van der Waals surface area (Å²) in [5, 5.41) is 11.8. The molecule has 162 valence electrons. The van der Waals surface area contributed by atoms with Crippen LogP contribution in [0.25, 0.3) is 11.5 Å². The smallest absolute Gasteiger partial charge is 0.341 e. The molecule has 0 radical (unpaired) electrons. The average molecular weight is 461 g/mol. The number of pyridine rings is 1. The Morgan fingerprint density at radius 2 is 2.06 bits per heavy atom. The van der Waals surface area contributed by atoms with Gasteiger partial charge in [-0.05, 0) is 31.5 Å². The molecule has 2 amide bonds. The molecule has 0 saturated heterocycles. The Bertz CT molecular complexity index is 1130. The number of aromatic nitrogens is 4. The number of amides is 2. The van der Waals surface area contributed by atoms with E-state index in [1.165, 1.54) is 18.9 Å². The van der Waals surface area contributed by atoms with Crippen molar-refractivity contribution in [3.8, 4) is 11.5 Å².